The second-order valence-electron chi connectivity index (χ2n) is 5.52. The van der Waals surface area contributed by atoms with Crippen LogP contribution in [-0.2, 0) is 0 Å². The molecule has 0 aliphatic carbocycles. The third kappa shape index (κ3) is 6.12. The molecule has 5 heteroatoms. The van der Waals surface area contributed by atoms with Gasteiger partial charge in [-0.15, -0.1) is 0 Å². The minimum Gasteiger partial charge on any atom is -0.370 e. The first kappa shape index (κ1) is 18.1. The first-order valence-electron chi connectivity index (χ1n) is 8.05. The predicted octanol–water partition coefficient (Wildman–Crippen LogP) is 4.43. The minimum atomic E-state index is 0.450. The summed E-state index contributed by atoms with van der Waals surface area (Å²) in [5.41, 5.74) is 0. The molecular weight excluding hydrogens is 280 g/mol. The fourth-order valence-corrected chi connectivity index (χ4v) is 2.54. The summed E-state index contributed by atoms with van der Waals surface area (Å²) >= 11 is 1.60. The van der Waals surface area contributed by atoms with Gasteiger partial charge < -0.3 is 10.2 Å². The Labute approximate surface area is 134 Å². The molecule has 1 aromatic rings. The highest BCUT2D eigenvalue weighted by molar-refractivity contribution is 7.98. The van der Waals surface area contributed by atoms with E-state index in [4.69, 9.17) is 4.98 Å². The second-order valence-corrected chi connectivity index (χ2v) is 6.29. The zero-order chi connectivity index (χ0) is 15.7. The van der Waals surface area contributed by atoms with Crippen LogP contribution in [0.4, 0.5) is 11.6 Å². The van der Waals surface area contributed by atoms with Gasteiger partial charge in [-0.2, -0.15) is 0 Å². The highest BCUT2D eigenvalue weighted by Gasteiger charge is 2.14. The number of nitrogens with zero attached hydrogens (tertiary/aromatic N) is 3. The molecule has 0 aliphatic rings. The van der Waals surface area contributed by atoms with Crippen LogP contribution in [0.2, 0.25) is 0 Å². The number of anilines is 2. The lowest BCUT2D eigenvalue weighted by Crippen LogP contribution is -2.32. The molecule has 0 aromatic carbocycles. The summed E-state index contributed by atoms with van der Waals surface area (Å²) in [6.45, 7) is 10.9. The molecule has 4 nitrogen and oxygen atoms in total. The monoisotopic (exact) mass is 310 g/mol. The van der Waals surface area contributed by atoms with Crippen molar-refractivity contribution in [3.63, 3.8) is 0 Å². The molecule has 0 aliphatic heterocycles. The van der Waals surface area contributed by atoms with E-state index in [1.807, 2.05) is 6.26 Å². The Hall–Kier alpha value is -0.970. The number of hydrogen-bond donors (Lipinski definition) is 1. The van der Waals surface area contributed by atoms with Crippen LogP contribution in [-0.4, -0.2) is 35.4 Å². The SMILES string of the molecule is CCCCCN(c1cc(NCCC)nc(SC)n1)C(C)C. The summed E-state index contributed by atoms with van der Waals surface area (Å²) in [6.07, 6.45) is 6.85. The van der Waals surface area contributed by atoms with E-state index in [-0.39, 0.29) is 0 Å². The lowest BCUT2D eigenvalue weighted by molar-refractivity contribution is 0.616. The van der Waals surface area contributed by atoms with Crippen molar-refractivity contribution in [2.75, 3.05) is 29.6 Å². The van der Waals surface area contributed by atoms with Crippen LogP contribution in [0.25, 0.3) is 0 Å². The highest BCUT2D eigenvalue weighted by Crippen LogP contribution is 2.22. The molecule has 1 rings (SSSR count). The van der Waals surface area contributed by atoms with Crippen molar-refractivity contribution in [2.24, 2.45) is 0 Å². The summed E-state index contributed by atoms with van der Waals surface area (Å²) in [5.74, 6) is 1.98. The molecular formula is C16H30N4S. The van der Waals surface area contributed by atoms with Crippen LogP contribution >= 0.6 is 11.8 Å². The van der Waals surface area contributed by atoms with E-state index >= 15 is 0 Å². The molecule has 1 N–H and O–H groups in total. The Kier molecular flexibility index (Phi) is 8.50. The van der Waals surface area contributed by atoms with E-state index in [0.717, 1.165) is 36.3 Å². The Bertz CT molecular complexity index is 409. The van der Waals surface area contributed by atoms with Crippen molar-refractivity contribution in [1.29, 1.82) is 0 Å². The molecule has 0 spiro atoms. The van der Waals surface area contributed by atoms with E-state index in [1.54, 1.807) is 11.8 Å². The molecule has 21 heavy (non-hydrogen) atoms. The van der Waals surface area contributed by atoms with Crippen molar-refractivity contribution < 1.29 is 0 Å². The molecule has 0 saturated heterocycles. The average Bonchev–Trinajstić information content (AvgIpc) is 2.48. The van der Waals surface area contributed by atoms with Crippen LogP contribution in [0.1, 0.15) is 53.4 Å². The molecule has 0 bridgehead atoms. The quantitative estimate of drug-likeness (QED) is 0.393. The maximum Gasteiger partial charge on any atom is 0.191 e. The summed E-state index contributed by atoms with van der Waals surface area (Å²) in [4.78, 5) is 11.6. The first-order chi connectivity index (χ1) is 10.1. The van der Waals surface area contributed by atoms with Gasteiger partial charge in [-0.05, 0) is 32.9 Å². The minimum absolute atomic E-state index is 0.450. The Balaban J connectivity index is 2.93. The van der Waals surface area contributed by atoms with E-state index < -0.39 is 0 Å². The van der Waals surface area contributed by atoms with Gasteiger partial charge in [-0.1, -0.05) is 38.5 Å². The fourth-order valence-electron chi connectivity index (χ4n) is 2.16. The van der Waals surface area contributed by atoms with Gasteiger partial charge in [0.1, 0.15) is 11.6 Å². The van der Waals surface area contributed by atoms with Gasteiger partial charge in [0.25, 0.3) is 0 Å². The van der Waals surface area contributed by atoms with Gasteiger partial charge in [0.2, 0.25) is 0 Å². The number of rotatable bonds is 10. The Morgan fingerprint density at radius 2 is 1.95 bits per heavy atom. The van der Waals surface area contributed by atoms with Gasteiger partial charge in [0, 0.05) is 25.2 Å². The van der Waals surface area contributed by atoms with Crippen molar-refractivity contribution in [3.8, 4) is 0 Å². The molecule has 1 aromatic heterocycles. The van der Waals surface area contributed by atoms with Crippen molar-refractivity contribution >= 4 is 23.4 Å². The maximum atomic E-state index is 4.70. The van der Waals surface area contributed by atoms with E-state index in [9.17, 15) is 0 Å². The zero-order valence-electron chi connectivity index (χ0n) is 14.1. The third-order valence-electron chi connectivity index (χ3n) is 3.35. The zero-order valence-corrected chi connectivity index (χ0v) is 15.0. The van der Waals surface area contributed by atoms with Gasteiger partial charge in [-0.3, -0.25) is 0 Å². The van der Waals surface area contributed by atoms with Crippen molar-refractivity contribution in [2.45, 2.75) is 64.6 Å². The van der Waals surface area contributed by atoms with E-state index in [0.29, 0.717) is 6.04 Å². The number of nitrogens with one attached hydrogen (secondary N) is 1. The topological polar surface area (TPSA) is 41.0 Å². The van der Waals surface area contributed by atoms with Gasteiger partial charge in [0.15, 0.2) is 5.16 Å². The first-order valence-corrected chi connectivity index (χ1v) is 9.28. The molecule has 0 atom stereocenters. The average molecular weight is 311 g/mol. The number of unbranched alkanes of at least 4 members (excludes halogenated alkanes) is 2. The summed E-state index contributed by atoms with van der Waals surface area (Å²) < 4.78 is 0. The van der Waals surface area contributed by atoms with Crippen LogP contribution < -0.4 is 10.2 Å². The summed E-state index contributed by atoms with van der Waals surface area (Å²) in [5, 5.41) is 4.22. The molecule has 0 fully saturated rings. The summed E-state index contributed by atoms with van der Waals surface area (Å²) in [7, 11) is 0. The molecule has 0 radical (unpaired) electrons. The van der Waals surface area contributed by atoms with Crippen LogP contribution in [0.3, 0.4) is 0 Å². The smallest absolute Gasteiger partial charge is 0.191 e. The summed E-state index contributed by atoms with van der Waals surface area (Å²) in [6, 6.07) is 2.53. The molecule has 0 saturated carbocycles. The van der Waals surface area contributed by atoms with Crippen LogP contribution in [0.5, 0.6) is 0 Å². The Morgan fingerprint density at radius 1 is 1.19 bits per heavy atom. The van der Waals surface area contributed by atoms with Crippen LogP contribution in [0.15, 0.2) is 11.2 Å². The van der Waals surface area contributed by atoms with E-state index in [1.165, 1.54) is 19.3 Å². The van der Waals surface area contributed by atoms with Crippen molar-refractivity contribution in [1.82, 2.24) is 9.97 Å². The van der Waals surface area contributed by atoms with Crippen LogP contribution in [0, 0.1) is 0 Å². The molecule has 120 valence electrons. The number of hydrogen-bond acceptors (Lipinski definition) is 5. The maximum absolute atomic E-state index is 4.70. The fraction of sp³-hybridized carbons (Fsp3) is 0.750. The number of thioether (sulfide) groups is 1. The normalized spacial score (nSPS) is 11.0. The largest absolute Gasteiger partial charge is 0.370 e. The second kappa shape index (κ2) is 9.87. The highest BCUT2D eigenvalue weighted by atomic mass is 32.2. The molecule has 0 unspecified atom stereocenters. The van der Waals surface area contributed by atoms with Gasteiger partial charge in [-0.25, -0.2) is 9.97 Å². The lowest BCUT2D eigenvalue weighted by Gasteiger charge is -2.28. The van der Waals surface area contributed by atoms with Gasteiger partial charge >= 0.3 is 0 Å². The third-order valence-corrected chi connectivity index (χ3v) is 3.90. The molecule has 0 amide bonds. The molecule has 1 heterocycles. The lowest BCUT2D eigenvalue weighted by atomic mass is 10.2. The van der Waals surface area contributed by atoms with E-state index in [2.05, 4.69) is 49.0 Å². The Morgan fingerprint density at radius 3 is 2.52 bits per heavy atom. The van der Waals surface area contributed by atoms with Crippen molar-refractivity contribution in [3.05, 3.63) is 6.07 Å². The predicted molar refractivity (Wildman–Crippen MR) is 94.6 cm³/mol. The van der Waals surface area contributed by atoms with Gasteiger partial charge in [0.05, 0.1) is 0 Å². The number of aromatic nitrogens is 2. The standard InChI is InChI=1S/C16H30N4S/c1-6-8-9-11-20(13(3)4)15-12-14(17-10-7-2)18-16(19-15)21-5/h12-13H,6-11H2,1-5H3,(H,17,18,19).